The van der Waals surface area contributed by atoms with Crippen LogP contribution in [0.2, 0.25) is 0 Å². The van der Waals surface area contributed by atoms with E-state index in [2.05, 4.69) is 107 Å². The van der Waals surface area contributed by atoms with Crippen molar-refractivity contribution in [1.82, 2.24) is 0 Å². The molecule has 0 unspecified atom stereocenters. The second kappa shape index (κ2) is 9.64. The molecule has 212 valence electrons. The van der Waals surface area contributed by atoms with Crippen LogP contribution in [0.3, 0.4) is 0 Å². The molecule has 3 heteroatoms. The first kappa shape index (κ1) is 25.3. The molecule has 2 aromatic heterocycles. The van der Waals surface area contributed by atoms with Gasteiger partial charge in [-0.2, -0.15) is 9.13 Å². The second-order valence-corrected chi connectivity index (χ2v) is 13.2. The lowest BCUT2D eigenvalue weighted by atomic mass is 9.79. The van der Waals surface area contributed by atoms with Crippen molar-refractivity contribution in [1.29, 1.82) is 0 Å². The molecule has 9 rings (SSSR count). The van der Waals surface area contributed by atoms with E-state index in [9.17, 15) is 0 Å². The normalized spacial score (nSPS) is 16.5. The zero-order chi connectivity index (χ0) is 28.7. The number of hydrogen-bond acceptors (Lipinski definition) is 1. The quantitative estimate of drug-likeness (QED) is 0.205. The Bertz CT molecular complexity index is 1980. The van der Waals surface area contributed by atoms with E-state index in [0.29, 0.717) is 0 Å². The van der Waals surface area contributed by atoms with E-state index in [0.717, 1.165) is 25.9 Å². The lowest BCUT2D eigenvalue weighted by Crippen LogP contribution is -2.43. The maximum atomic E-state index is 2.63. The van der Waals surface area contributed by atoms with Gasteiger partial charge in [0, 0.05) is 55.2 Å². The summed E-state index contributed by atoms with van der Waals surface area (Å²) in [6.45, 7) is 9.25. The highest BCUT2D eigenvalue weighted by molar-refractivity contribution is 5.91. The zero-order valence-corrected chi connectivity index (χ0v) is 25.4. The molecular formula is C40H39N3+2. The van der Waals surface area contributed by atoms with Crippen LogP contribution < -0.4 is 14.0 Å². The highest BCUT2D eigenvalue weighted by Gasteiger charge is 2.36. The summed E-state index contributed by atoms with van der Waals surface area (Å²) in [6.07, 6.45) is 16.6. The molecule has 3 nitrogen and oxygen atoms in total. The summed E-state index contributed by atoms with van der Waals surface area (Å²) >= 11 is 0. The van der Waals surface area contributed by atoms with Crippen LogP contribution in [-0.4, -0.2) is 13.1 Å². The van der Waals surface area contributed by atoms with Gasteiger partial charge in [0.1, 0.15) is 0 Å². The molecule has 0 radical (unpaired) electrons. The van der Waals surface area contributed by atoms with Crippen molar-refractivity contribution in [3.05, 3.63) is 111 Å². The van der Waals surface area contributed by atoms with Crippen molar-refractivity contribution < 1.29 is 9.13 Å². The minimum Gasteiger partial charge on any atom is -0.371 e. The van der Waals surface area contributed by atoms with Crippen LogP contribution in [0, 0.1) is 13.8 Å². The first-order valence-electron chi connectivity index (χ1n) is 16.3. The van der Waals surface area contributed by atoms with Crippen LogP contribution in [0.25, 0.3) is 45.4 Å². The second-order valence-electron chi connectivity index (χ2n) is 13.2. The number of nitrogens with zero attached hydrogens (tertiary/aromatic N) is 3. The van der Waals surface area contributed by atoms with Crippen LogP contribution >= 0.6 is 0 Å². The Morgan fingerprint density at radius 2 is 1.28 bits per heavy atom. The van der Waals surface area contributed by atoms with Gasteiger partial charge in [-0.15, -0.1) is 0 Å². The van der Waals surface area contributed by atoms with E-state index in [1.54, 1.807) is 16.8 Å². The van der Waals surface area contributed by atoms with Crippen molar-refractivity contribution in [3.63, 3.8) is 0 Å². The molecule has 4 aliphatic rings. The van der Waals surface area contributed by atoms with Gasteiger partial charge in [-0.25, -0.2) is 0 Å². The average molecular weight is 562 g/mol. The fraction of sp³-hybridized carbons (Fsp3) is 0.300. The zero-order valence-electron chi connectivity index (χ0n) is 25.4. The number of benzene rings is 3. The number of fused-ring (bicyclic) bond motifs is 8. The Balaban J connectivity index is 1.18. The molecule has 0 aliphatic carbocycles. The minimum atomic E-state index is 1.04. The number of aryl methyl sites for hydroxylation is 4. The molecule has 3 aromatic carbocycles. The third-order valence-electron chi connectivity index (χ3n) is 10.8. The Kier molecular flexibility index (Phi) is 5.67. The van der Waals surface area contributed by atoms with Crippen LogP contribution in [0.5, 0.6) is 0 Å². The predicted octanol–water partition coefficient (Wildman–Crippen LogP) is 7.35. The molecule has 0 atom stereocenters. The van der Waals surface area contributed by atoms with Gasteiger partial charge in [-0.3, -0.25) is 0 Å². The summed E-state index contributed by atoms with van der Waals surface area (Å²) < 4.78 is 5.00. The van der Waals surface area contributed by atoms with Crippen LogP contribution in [0.15, 0.2) is 67.0 Å². The fourth-order valence-corrected chi connectivity index (χ4v) is 8.59. The number of anilines is 1. The third-order valence-corrected chi connectivity index (χ3v) is 10.8. The first-order chi connectivity index (χ1) is 21.1. The molecular weight excluding hydrogens is 522 g/mol. The number of pyridine rings is 2. The fourth-order valence-electron chi connectivity index (χ4n) is 8.59. The highest BCUT2D eigenvalue weighted by atomic mass is 15.1. The summed E-state index contributed by atoms with van der Waals surface area (Å²) in [6, 6.07) is 20.9. The number of hydrogen-bond donors (Lipinski definition) is 0. The van der Waals surface area contributed by atoms with Gasteiger partial charge in [0.05, 0.1) is 11.1 Å². The summed E-state index contributed by atoms with van der Waals surface area (Å²) in [5.74, 6) is 0. The van der Waals surface area contributed by atoms with Gasteiger partial charge in [0.25, 0.3) is 0 Å². The Morgan fingerprint density at radius 1 is 0.651 bits per heavy atom. The summed E-state index contributed by atoms with van der Waals surface area (Å²) in [7, 11) is 0. The summed E-state index contributed by atoms with van der Waals surface area (Å²) in [4.78, 5) is 2.63. The van der Waals surface area contributed by atoms with E-state index in [4.69, 9.17) is 0 Å². The van der Waals surface area contributed by atoms with Crippen molar-refractivity contribution in [2.75, 3.05) is 18.0 Å². The van der Waals surface area contributed by atoms with Gasteiger partial charge in [0.2, 0.25) is 11.4 Å². The van der Waals surface area contributed by atoms with Gasteiger partial charge in [-0.1, -0.05) is 30.4 Å². The SMILES string of the molecule is Cc1c(C)c2c(c3c1CC[n+]1ccc(/C=C/c4cc5c6c(c4)CCCN6CCC5)cc1-3)-c1cc3ccccc3c[n+]1CC2. The molecule has 0 saturated carbocycles. The number of rotatable bonds is 2. The standard InChI is InChI=1S/C40H39N3/c1-26-27(2)35-15-20-43-25-33-8-4-3-7-30(33)24-37(43)39(35)38-34(26)14-19-41-18-13-28(23-36(38)41)11-12-29-21-31-9-5-16-42-17-6-10-32(22-29)40(31)42/h3-4,7-8,11-13,18,21-25H,5-6,9-10,14-17,19-20H2,1-2H3/q+2. The third kappa shape index (κ3) is 3.94. The Morgan fingerprint density at radius 3 is 2.00 bits per heavy atom. The van der Waals surface area contributed by atoms with E-state index in [-0.39, 0.29) is 0 Å². The molecule has 0 saturated heterocycles. The smallest absolute Gasteiger partial charge is 0.214 e. The van der Waals surface area contributed by atoms with E-state index in [1.807, 2.05) is 0 Å². The van der Waals surface area contributed by atoms with Crippen LogP contribution in [0.4, 0.5) is 5.69 Å². The predicted molar refractivity (Wildman–Crippen MR) is 176 cm³/mol. The molecule has 5 aromatic rings. The van der Waals surface area contributed by atoms with Gasteiger partial charge >= 0.3 is 0 Å². The summed E-state index contributed by atoms with van der Waals surface area (Å²) in [5, 5.41) is 2.64. The van der Waals surface area contributed by atoms with E-state index < -0.39 is 0 Å². The maximum Gasteiger partial charge on any atom is 0.214 e. The van der Waals surface area contributed by atoms with Gasteiger partial charge in [-0.05, 0) is 108 Å². The van der Waals surface area contributed by atoms with Crippen molar-refractivity contribution in [2.24, 2.45) is 0 Å². The molecule has 6 heterocycles. The lowest BCUT2D eigenvalue weighted by molar-refractivity contribution is -0.689. The van der Waals surface area contributed by atoms with Crippen molar-refractivity contribution in [3.8, 4) is 22.5 Å². The van der Waals surface area contributed by atoms with Crippen LogP contribution in [0.1, 0.15) is 57.3 Å². The van der Waals surface area contributed by atoms with E-state index in [1.165, 1.54) is 105 Å². The molecule has 0 spiro atoms. The summed E-state index contributed by atoms with van der Waals surface area (Å²) in [5.41, 5.74) is 19.0. The van der Waals surface area contributed by atoms with Gasteiger partial charge in [0.15, 0.2) is 25.5 Å². The molecule has 4 aliphatic heterocycles. The topological polar surface area (TPSA) is 11.0 Å². The molecule has 43 heavy (non-hydrogen) atoms. The maximum absolute atomic E-state index is 2.63. The average Bonchev–Trinajstić information content (AvgIpc) is 3.04. The Hall–Kier alpha value is -4.24. The lowest BCUT2D eigenvalue weighted by Gasteiger charge is -2.37. The molecule has 0 N–H and O–H groups in total. The molecule has 0 amide bonds. The van der Waals surface area contributed by atoms with Gasteiger partial charge < -0.3 is 4.90 Å². The largest absolute Gasteiger partial charge is 0.371 e. The van der Waals surface area contributed by atoms with Crippen molar-refractivity contribution >= 4 is 28.6 Å². The minimum absolute atomic E-state index is 1.04. The molecule has 0 fully saturated rings. The first-order valence-corrected chi connectivity index (χ1v) is 16.3. The Labute approximate surface area is 254 Å². The number of aromatic nitrogens is 2. The van der Waals surface area contributed by atoms with Crippen molar-refractivity contribution in [2.45, 2.75) is 65.5 Å². The molecule has 0 bridgehead atoms. The highest BCUT2D eigenvalue weighted by Crippen LogP contribution is 2.43. The van der Waals surface area contributed by atoms with E-state index >= 15 is 0 Å². The van der Waals surface area contributed by atoms with Crippen LogP contribution in [-0.2, 0) is 38.8 Å². The monoisotopic (exact) mass is 561 g/mol.